The van der Waals surface area contributed by atoms with Crippen LogP contribution in [0.2, 0.25) is 5.02 Å². The Morgan fingerprint density at radius 3 is 2.03 bits per heavy atom. The zero-order valence-corrected chi connectivity index (χ0v) is 18.3. The smallest absolute Gasteiger partial charge is 0.337 e. The highest BCUT2D eigenvalue weighted by atomic mass is 35.5. The number of amides is 1. The molecule has 11 nitrogen and oxygen atoms in total. The Bertz CT molecular complexity index is 1170. The average Bonchev–Trinajstić information content (AvgIpc) is 2.83. The standard InChI is InChI=1S/C21H19ClN6O5/c1-32-20(30)12-7-13(21(31)33-2)9-15(8-12)26-17-16(23)18(25-10-24-17)27-28-19(29)11-3-5-14(22)6-4-11/h3-10H,23H2,1-2H3,(H,28,29)(H2,24,25,26,27). The monoisotopic (exact) mass is 470 g/mol. The maximum Gasteiger partial charge on any atom is 0.337 e. The molecule has 3 rings (SSSR count). The van der Waals surface area contributed by atoms with E-state index in [0.29, 0.717) is 16.3 Å². The molecule has 0 saturated heterocycles. The number of carbonyl (C=O) groups is 3. The van der Waals surface area contributed by atoms with Crippen LogP contribution < -0.4 is 21.9 Å². The van der Waals surface area contributed by atoms with Crippen molar-refractivity contribution in [3.8, 4) is 0 Å². The van der Waals surface area contributed by atoms with Crippen molar-refractivity contribution >= 4 is 52.5 Å². The quantitative estimate of drug-likeness (QED) is 0.299. The number of nitrogens with one attached hydrogen (secondary N) is 3. The maximum atomic E-state index is 12.3. The van der Waals surface area contributed by atoms with E-state index in [1.807, 2.05) is 0 Å². The number of hydrogen-bond donors (Lipinski definition) is 4. The summed E-state index contributed by atoms with van der Waals surface area (Å²) in [5.41, 5.74) is 12.2. The van der Waals surface area contributed by atoms with Gasteiger partial charge in [-0.3, -0.25) is 15.6 Å². The predicted octanol–water partition coefficient (Wildman–Crippen LogP) is 2.79. The van der Waals surface area contributed by atoms with Crippen LogP contribution in [0.25, 0.3) is 0 Å². The maximum absolute atomic E-state index is 12.3. The predicted molar refractivity (Wildman–Crippen MR) is 121 cm³/mol. The van der Waals surface area contributed by atoms with Crippen LogP contribution >= 0.6 is 11.6 Å². The first-order valence-corrected chi connectivity index (χ1v) is 9.71. The lowest BCUT2D eigenvalue weighted by Crippen LogP contribution is -2.30. The zero-order chi connectivity index (χ0) is 24.0. The van der Waals surface area contributed by atoms with Gasteiger partial charge in [-0.15, -0.1) is 0 Å². The molecule has 1 heterocycles. The van der Waals surface area contributed by atoms with E-state index in [1.165, 1.54) is 38.7 Å². The minimum Gasteiger partial charge on any atom is -0.465 e. The van der Waals surface area contributed by atoms with Gasteiger partial charge in [0.15, 0.2) is 11.6 Å². The van der Waals surface area contributed by atoms with Crippen LogP contribution in [-0.4, -0.2) is 42.0 Å². The number of anilines is 4. The molecule has 0 aliphatic heterocycles. The van der Waals surface area contributed by atoms with Crippen molar-refractivity contribution in [3.05, 3.63) is 70.5 Å². The minimum atomic E-state index is -0.647. The second-order valence-electron chi connectivity index (χ2n) is 6.48. The Hall–Kier alpha value is -4.38. The van der Waals surface area contributed by atoms with Gasteiger partial charge in [0, 0.05) is 16.3 Å². The summed E-state index contributed by atoms with van der Waals surface area (Å²) in [6.07, 6.45) is 1.21. The van der Waals surface area contributed by atoms with Gasteiger partial charge >= 0.3 is 11.9 Å². The summed E-state index contributed by atoms with van der Waals surface area (Å²) in [5, 5.41) is 3.42. The van der Waals surface area contributed by atoms with E-state index in [9.17, 15) is 14.4 Å². The number of carbonyl (C=O) groups excluding carboxylic acids is 3. The summed E-state index contributed by atoms with van der Waals surface area (Å²) in [7, 11) is 2.44. The Balaban J connectivity index is 1.81. The summed E-state index contributed by atoms with van der Waals surface area (Å²) in [4.78, 5) is 44.3. The van der Waals surface area contributed by atoms with Gasteiger partial charge in [0.05, 0.1) is 25.3 Å². The van der Waals surface area contributed by atoms with E-state index in [4.69, 9.17) is 26.8 Å². The van der Waals surface area contributed by atoms with Gasteiger partial charge in [-0.1, -0.05) is 11.6 Å². The van der Waals surface area contributed by atoms with E-state index in [0.717, 1.165) is 0 Å². The molecule has 0 unspecified atom stereocenters. The molecular weight excluding hydrogens is 452 g/mol. The van der Waals surface area contributed by atoms with E-state index in [2.05, 4.69) is 26.1 Å². The highest BCUT2D eigenvalue weighted by Gasteiger charge is 2.16. The Morgan fingerprint density at radius 1 is 0.879 bits per heavy atom. The van der Waals surface area contributed by atoms with Crippen molar-refractivity contribution in [2.24, 2.45) is 0 Å². The average molecular weight is 471 g/mol. The van der Waals surface area contributed by atoms with E-state index < -0.39 is 17.8 Å². The number of methoxy groups -OCH3 is 2. The number of benzene rings is 2. The molecule has 33 heavy (non-hydrogen) atoms. The first kappa shape index (κ1) is 23.3. The van der Waals surface area contributed by atoms with Crippen LogP contribution in [0.3, 0.4) is 0 Å². The molecule has 0 atom stereocenters. The molecule has 12 heteroatoms. The molecule has 0 spiro atoms. The van der Waals surface area contributed by atoms with Crippen LogP contribution in [0.5, 0.6) is 0 Å². The van der Waals surface area contributed by atoms with E-state index >= 15 is 0 Å². The fourth-order valence-electron chi connectivity index (χ4n) is 2.69. The molecule has 0 radical (unpaired) electrons. The lowest BCUT2D eigenvalue weighted by Gasteiger charge is -2.14. The number of aromatic nitrogens is 2. The summed E-state index contributed by atoms with van der Waals surface area (Å²) < 4.78 is 9.45. The molecule has 170 valence electrons. The molecule has 1 amide bonds. The second kappa shape index (κ2) is 10.3. The van der Waals surface area contributed by atoms with Gasteiger partial charge in [-0.05, 0) is 42.5 Å². The molecule has 0 fully saturated rings. The third-order valence-electron chi connectivity index (χ3n) is 4.32. The molecule has 3 aromatic rings. The van der Waals surface area contributed by atoms with Crippen molar-refractivity contribution in [3.63, 3.8) is 0 Å². The number of nitrogens with two attached hydrogens (primary N) is 1. The van der Waals surface area contributed by atoms with Crippen LogP contribution in [0.1, 0.15) is 31.1 Å². The summed E-state index contributed by atoms with van der Waals surface area (Å²) in [6, 6.07) is 10.5. The summed E-state index contributed by atoms with van der Waals surface area (Å²) in [6.45, 7) is 0. The third kappa shape index (κ3) is 5.66. The first-order valence-electron chi connectivity index (χ1n) is 9.33. The normalized spacial score (nSPS) is 10.2. The zero-order valence-electron chi connectivity index (χ0n) is 17.5. The molecular formula is C21H19ClN6O5. The largest absolute Gasteiger partial charge is 0.465 e. The highest BCUT2D eigenvalue weighted by molar-refractivity contribution is 6.30. The van der Waals surface area contributed by atoms with Gasteiger partial charge in [0.1, 0.15) is 12.0 Å². The molecule has 0 bridgehead atoms. The number of nitrogens with zero attached hydrogens (tertiary/aromatic N) is 2. The van der Waals surface area contributed by atoms with E-state index in [-0.39, 0.29) is 28.5 Å². The molecule has 0 aliphatic rings. The fourth-order valence-corrected chi connectivity index (χ4v) is 2.82. The lowest BCUT2D eigenvalue weighted by molar-refractivity contribution is 0.0599. The molecule has 0 saturated carbocycles. The van der Waals surface area contributed by atoms with Crippen LogP contribution in [-0.2, 0) is 9.47 Å². The first-order chi connectivity index (χ1) is 15.8. The number of hydrazine groups is 1. The fraction of sp³-hybridized carbons (Fsp3) is 0.0952. The number of nitrogen functional groups attached to an aromatic ring is 1. The second-order valence-corrected chi connectivity index (χ2v) is 6.91. The summed E-state index contributed by atoms with van der Waals surface area (Å²) in [5.74, 6) is -1.45. The molecule has 5 N–H and O–H groups in total. The minimum absolute atomic E-state index is 0.0667. The Morgan fingerprint density at radius 2 is 1.45 bits per heavy atom. The molecule has 0 aliphatic carbocycles. The highest BCUT2D eigenvalue weighted by Crippen LogP contribution is 2.27. The number of ether oxygens (including phenoxy) is 2. The lowest BCUT2D eigenvalue weighted by atomic mass is 10.1. The number of esters is 2. The Labute approximate surface area is 193 Å². The Kier molecular flexibility index (Phi) is 7.26. The van der Waals surface area contributed by atoms with Gasteiger partial charge in [-0.2, -0.15) is 0 Å². The summed E-state index contributed by atoms with van der Waals surface area (Å²) >= 11 is 5.83. The van der Waals surface area contributed by atoms with Gasteiger partial charge in [0.2, 0.25) is 0 Å². The SMILES string of the molecule is COC(=O)c1cc(Nc2ncnc(NNC(=O)c3ccc(Cl)cc3)c2N)cc(C(=O)OC)c1. The van der Waals surface area contributed by atoms with Crippen molar-refractivity contribution in [2.45, 2.75) is 0 Å². The van der Waals surface area contributed by atoms with E-state index in [1.54, 1.807) is 24.3 Å². The topological polar surface area (TPSA) is 158 Å². The molecule has 2 aromatic carbocycles. The van der Waals surface area contributed by atoms with Crippen LogP contribution in [0.15, 0.2) is 48.8 Å². The van der Waals surface area contributed by atoms with Crippen molar-refractivity contribution in [1.82, 2.24) is 15.4 Å². The van der Waals surface area contributed by atoms with Crippen LogP contribution in [0, 0.1) is 0 Å². The number of hydrogen-bond acceptors (Lipinski definition) is 10. The third-order valence-corrected chi connectivity index (χ3v) is 4.57. The van der Waals surface area contributed by atoms with Crippen molar-refractivity contribution in [1.29, 1.82) is 0 Å². The number of rotatable bonds is 7. The molecule has 1 aromatic heterocycles. The van der Waals surface area contributed by atoms with Gasteiger partial charge < -0.3 is 20.5 Å². The van der Waals surface area contributed by atoms with Gasteiger partial charge in [-0.25, -0.2) is 19.6 Å². The van der Waals surface area contributed by atoms with Crippen LogP contribution in [0.4, 0.5) is 23.0 Å². The van der Waals surface area contributed by atoms with Crippen molar-refractivity contribution in [2.75, 3.05) is 30.7 Å². The van der Waals surface area contributed by atoms with Crippen molar-refractivity contribution < 1.29 is 23.9 Å². The van der Waals surface area contributed by atoms with Gasteiger partial charge in [0.25, 0.3) is 5.91 Å². The number of halogens is 1.